The Kier molecular flexibility index (Phi) is 6.21. The molecule has 2 heteroatoms. The van der Waals surface area contributed by atoms with Gasteiger partial charge in [-0.3, -0.25) is 0 Å². The summed E-state index contributed by atoms with van der Waals surface area (Å²) in [6.45, 7) is 9.49. The Morgan fingerprint density at radius 1 is 0.400 bits per heavy atom. The van der Waals surface area contributed by atoms with Crippen LogP contribution >= 0.6 is 11.3 Å². The largest absolute Gasteiger partial charge is 0.310 e. The second kappa shape index (κ2) is 10.5. The summed E-state index contributed by atoms with van der Waals surface area (Å²) in [4.78, 5) is 2.49. The number of rotatable bonds is 4. The number of fused-ring (bicyclic) bond motifs is 9. The number of thiophene rings is 1. The highest BCUT2D eigenvalue weighted by Crippen LogP contribution is 2.55. The summed E-state index contributed by atoms with van der Waals surface area (Å²) >= 11 is 1.87. The van der Waals surface area contributed by atoms with Gasteiger partial charge in [-0.25, -0.2) is 0 Å². The van der Waals surface area contributed by atoms with Gasteiger partial charge in [0, 0.05) is 48.1 Å². The molecule has 0 saturated heterocycles. The zero-order valence-electron chi connectivity index (χ0n) is 28.8. The summed E-state index contributed by atoms with van der Waals surface area (Å²) < 4.78 is 2.64. The van der Waals surface area contributed by atoms with E-state index in [1.807, 2.05) is 11.3 Å². The van der Waals surface area contributed by atoms with Gasteiger partial charge in [0.25, 0.3) is 0 Å². The molecule has 0 bridgehead atoms. The van der Waals surface area contributed by atoms with Gasteiger partial charge in [-0.2, -0.15) is 0 Å². The maximum atomic E-state index is 2.49. The van der Waals surface area contributed by atoms with Crippen molar-refractivity contribution in [2.45, 2.75) is 38.5 Å². The topological polar surface area (TPSA) is 3.24 Å². The van der Waals surface area contributed by atoms with E-state index in [2.05, 4.69) is 184 Å². The summed E-state index contributed by atoms with van der Waals surface area (Å²) in [7, 11) is 0. The normalized spacial score (nSPS) is 14.7. The standard InChI is InChI=1S/C48H37NS/c1-47(2)41-25-22-31(28-39(41)46-34(17-12-19-42(46)47)30-13-6-5-7-14-30)49(32-23-26-45-38(27-32)37-16-9-11-20-44(37)50-45)33-21-24-36-35-15-8-10-18-40(35)48(3,4)43(36)29-33/h5-29H,1-4H3. The van der Waals surface area contributed by atoms with E-state index < -0.39 is 0 Å². The van der Waals surface area contributed by atoms with Crippen molar-refractivity contribution in [3.8, 4) is 33.4 Å². The first-order chi connectivity index (χ1) is 24.3. The molecular weight excluding hydrogens is 623 g/mol. The van der Waals surface area contributed by atoms with Crippen molar-refractivity contribution >= 4 is 48.6 Å². The maximum Gasteiger partial charge on any atom is 0.0468 e. The summed E-state index contributed by atoms with van der Waals surface area (Å²) in [5.41, 5.74) is 16.8. The molecule has 2 aliphatic carbocycles. The highest BCUT2D eigenvalue weighted by molar-refractivity contribution is 7.25. The van der Waals surface area contributed by atoms with Gasteiger partial charge in [0.2, 0.25) is 0 Å². The van der Waals surface area contributed by atoms with Crippen LogP contribution in [0, 0.1) is 0 Å². The van der Waals surface area contributed by atoms with Crippen molar-refractivity contribution in [1.29, 1.82) is 0 Å². The fraction of sp³-hybridized carbons (Fsp3) is 0.125. The summed E-state index contributed by atoms with van der Waals surface area (Å²) in [5.74, 6) is 0. The van der Waals surface area contributed by atoms with Crippen LogP contribution in [0.5, 0.6) is 0 Å². The Hall–Kier alpha value is -5.44. The Balaban J connectivity index is 1.22. The third-order valence-corrected chi connectivity index (χ3v) is 12.6. The van der Waals surface area contributed by atoms with E-state index >= 15 is 0 Å². The molecule has 0 saturated carbocycles. The van der Waals surface area contributed by atoms with E-state index in [-0.39, 0.29) is 10.8 Å². The molecule has 2 aliphatic rings. The lowest BCUT2D eigenvalue weighted by atomic mass is 9.82. The molecule has 0 aliphatic heterocycles. The second-order valence-electron chi connectivity index (χ2n) is 15.0. The van der Waals surface area contributed by atoms with E-state index in [0.717, 1.165) is 0 Å². The Morgan fingerprint density at radius 2 is 1.00 bits per heavy atom. The molecule has 10 rings (SSSR count). The van der Waals surface area contributed by atoms with Crippen LogP contribution in [0.3, 0.4) is 0 Å². The number of anilines is 3. The molecule has 0 amide bonds. The third kappa shape index (κ3) is 4.12. The van der Waals surface area contributed by atoms with Crippen molar-refractivity contribution in [3.05, 3.63) is 174 Å². The molecular formula is C48H37NS. The van der Waals surface area contributed by atoms with E-state index in [1.54, 1.807) is 0 Å². The second-order valence-corrected chi connectivity index (χ2v) is 16.0. The van der Waals surface area contributed by atoms with Crippen molar-refractivity contribution in [1.82, 2.24) is 0 Å². The average molecular weight is 660 g/mol. The number of hydrogen-bond donors (Lipinski definition) is 0. The average Bonchev–Trinajstić information content (AvgIpc) is 3.71. The highest BCUT2D eigenvalue weighted by Gasteiger charge is 2.38. The van der Waals surface area contributed by atoms with Gasteiger partial charge in [-0.1, -0.05) is 131 Å². The molecule has 1 aromatic heterocycles. The van der Waals surface area contributed by atoms with Crippen LogP contribution in [-0.4, -0.2) is 0 Å². The van der Waals surface area contributed by atoms with Gasteiger partial charge in [0.15, 0.2) is 0 Å². The van der Waals surface area contributed by atoms with Crippen LogP contribution in [0.15, 0.2) is 152 Å². The number of benzene rings is 7. The Bertz CT molecular complexity index is 2660. The molecule has 8 aromatic rings. The predicted octanol–water partition coefficient (Wildman–Crippen LogP) is 13.8. The van der Waals surface area contributed by atoms with Crippen LogP contribution in [0.1, 0.15) is 49.9 Å². The lowest BCUT2D eigenvalue weighted by Crippen LogP contribution is -2.17. The minimum absolute atomic E-state index is 0.0907. The van der Waals surface area contributed by atoms with Crippen LogP contribution in [0.25, 0.3) is 53.6 Å². The minimum atomic E-state index is -0.101. The van der Waals surface area contributed by atoms with E-state index in [1.165, 1.54) is 92.9 Å². The van der Waals surface area contributed by atoms with Gasteiger partial charge in [-0.05, 0) is 104 Å². The summed E-state index contributed by atoms with van der Waals surface area (Å²) in [6, 6.07) is 56.8. The Labute approximate surface area is 298 Å². The van der Waals surface area contributed by atoms with E-state index in [9.17, 15) is 0 Å². The number of nitrogens with zero attached hydrogens (tertiary/aromatic N) is 1. The summed E-state index contributed by atoms with van der Waals surface area (Å²) in [5, 5.41) is 2.62. The van der Waals surface area contributed by atoms with Crippen LogP contribution in [0.4, 0.5) is 17.1 Å². The zero-order valence-corrected chi connectivity index (χ0v) is 29.6. The fourth-order valence-electron chi connectivity index (χ4n) is 8.92. The van der Waals surface area contributed by atoms with Crippen LogP contribution in [0.2, 0.25) is 0 Å². The monoisotopic (exact) mass is 659 g/mol. The van der Waals surface area contributed by atoms with Gasteiger partial charge < -0.3 is 4.90 Å². The summed E-state index contributed by atoms with van der Waals surface area (Å²) in [6.07, 6.45) is 0. The smallest absolute Gasteiger partial charge is 0.0468 e. The predicted molar refractivity (Wildman–Crippen MR) is 215 cm³/mol. The van der Waals surface area contributed by atoms with E-state index in [0.29, 0.717) is 0 Å². The van der Waals surface area contributed by atoms with Crippen molar-refractivity contribution in [2.24, 2.45) is 0 Å². The van der Waals surface area contributed by atoms with Gasteiger partial charge >= 0.3 is 0 Å². The highest BCUT2D eigenvalue weighted by atomic mass is 32.1. The lowest BCUT2D eigenvalue weighted by molar-refractivity contribution is 0.660. The van der Waals surface area contributed by atoms with Crippen molar-refractivity contribution < 1.29 is 0 Å². The number of hydrogen-bond acceptors (Lipinski definition) is 2. The van der Waals surface area contributed by atoms with Crippen LogP contribution < -0.4 is 4.90 Å². The third-order valence-electron chi connectivity index (χ3n) is 11.5. The van der Waals surface area contributed by atoms with Gasteiger partial charge in [0.05, 0.1) is 0 Å². The molecule has 1 nitrogen and oxygen atoms in total. The Morgan fingerprint density at radius 3 is 1.88 bits per heavy atom. The van der Waals surface area contributed by atoms with Crippen molar-refractivity contribution in [3.63, 3.8) is 0 Å². The van der Waals surface area contributed by atoms with E-state index in [4.69, 9.17) is 0 Å². The molecule has 0 N–H and O–H groups in total. The minimum Gasteiger partial charge on any atom is -0.310 e. The van der Waals surface area contributed by atoms with Crippen molar-refractivity contribution in [2.75, 3.05) is 4.90 Å². The quantitative estimate of drug-likeness (QED) is 0.182. The molecule has 0 fully saturated rings. The first-order valence-corrected chi connectivity index (χ1v) is 18.4. The SMILES string of the molecule is CC1(C)c2ccccc2-c2ccc(N(c3ccc4c(c3)-c3c(-c5ccccc5)cccc3C4(C)C)c3ccc4sc5ccccc5c4c3)cc21. The van der Waals surface area contributed by atoms with Gasteiger partial charge in [-0.15, -0.1) is 11.3 Å². The zero-order chi connectivity index (χ0) is 33.8. The molecule has 50 heavy (non-hydrogen) atoms. The fourth-order valence-corrected chi connectivity index (χ4v) is 10.0. The molecule has 0 unspecified atom stereocenters. The van der Waals surface area contributed by atoms with Crippen LogP contribution in [-0.2, 0) is 10.8 Å². The first-order valence-electron chi connectivity index (χ1n) is 17.6. The lowest BCUT2D eigenvalue weighted by Gasteiger charge is -2.29. The van der Waals surface area contributed by atoms with Gasteiger partial charge in [0.1, 0.15) is 0 Å². The first kappa shape index (κ1) is 29.5. The molecule has 0 radical (unpaired) electrons. The molecule has 7 aromatic carbocycles. The maximum absolute atomic E-state index is 2.49. The molecule has 0 spiro atoms. The molecule has 1 heterocycles. The molecule has 240 valence electrons. The molecule has 0 atom stereocenters.